The molecule has 0 aliphatic carbocycles. The first-order valence-corrected chi connectivity index (χ1v) is 6.00. The van der Waals surface area contributed by atoms with Crippen molar-refractivity contribution in [1.29, 1.82) is 0 Å². The minimum atomic E-state index is -1.44. The van der Waals surface area contributed by atoms with Gasteiger partial charge in [0.15, 0.2) is 0 Å². The summed E-state index contributed by atoms with van der Waals surface area (Å²) >= 11 is 0. The second kappa shape index (κ2) is 6.04. The molecular weight excluding hydrogens is 279 g/mol. The van der Waals surface area contributed by atoms with Gasteiger partial charge in [0.05, 0.1) is 18.4 Å². The Hall–Kier alpha value is -2.90. The van der Waals surface area contributed by atoms with Crippen molar-refractivity contribution in [3.63, 3.8) is 0 Å². The van der Waals surface area contributed by atoms with Crippen LogP contribution in [0.1, 0.15) is 15.9 Å². The number of carboxylic acids is 1. The number of aromatic amines is 1. The van der Waals surface area contributed by atoms with Crippen molar-refractivity contribution in [2.24, 2.45) is 0 Å². The second-order valence-corrected chi connectivity index (χ2v) is 4.36. The van der Waals surface area contributed by atoms with Gasteiger partial charge in [-0.3, -0.25) is 5.10 Å². The van der Waals surface area contributed by atoms with Crippen LogP contribution >= 0.6 is 0 Å². The van der Waals surface area contributed by atoms with E-state index >= 15 is 0 Å². The number of aromatic nitrogens is 2. The lowest BCUT2D eigenvalue weighted by Crippen LogP contribution is -2.31. The van der Waals surface area contributed by atoms with Crippen LogP contribution in [-0.2, 0) is 6.54 Å². The molecule has 1 aromatic carbocycles. The largest absolute Gasteiger partial charge is 0.478 e. The zero-order valence-corrected chi connectivity index (χ0v) is 11.1. The maximum absolute atomic E-state index is 13.5. The first kappa shape index (κ1) is 14.5. The molecule has 1 heterocycles. The van der Waals surface area contributed by atoms with Crippen molar-refractivity contribution in [3.05, 3.63) is 47.5 Å². The number of hydrogen-bond donors (Lipinski definition) is 3. The molecular formula is C13H13FN4O3. The van der Waals surface area contributed by atoms with Crippen molar-refractivity contribution in [2.75, 3.05) is 12.4 Å². The van der Waals surface area contributed by atoms with Crippen LogP contribution in [0.2, 0.25) is 0 Å². The van der Waals surface area contributed by atoms with E-state index in [4.69, 9.17) is 5.11 Å². The number of nitrogens with zero attached hydrogens (tertiary/aromatic N) is 2. The third-order valence-corrected chi connectivity index (χ3v) is 2.79. The van der Waals surface area contributed by atoms with Gasteiger partial charge in [-0.1, -0.05) is 6.07 Å². The van der Waals surface area contributed by atoms with Gasteiger partial charge >= 0.3 is 12.0 Å². The number of carbonyl (C=O) groups excluding carboxylic acids is 1. The molecule has 0 unspecified atom stereocenters. The molecule has 3 N–H and O–H groups in total. The third-order valence-electron chi connectivity index (χ3n) is 2.79. The Kier molecular flexibility index (Phi) is 4.17. The van der Waals surface area contributed by atoms with Crippen molar-refractivity contribution in [2.45, 2.75) is 6.54 Å². The summed E-state index contributed by atoms with van der Waals surface area (Å²) < 4.78 is 13.5. The van der Waals surface area contributed by atoms with Gasteiger partial charge in [0.1, 0.15) is 11.4 Å². The molecule has 0 atom stereocenters. The number of carbonyl (C=O) groups is 2. The number of rotatable bonds is 4. The molecule has 0 spiro atoms. The van der Waals surface area contributed by atoms with Gasteiger partial charge in [-0.2, -0.15) is 5.10 Å². The van der Waals surface area contributed by atoms with E-state index in [1.54, 1.807) is 12.4 Å². The highest BCUT2D eigenvalue weighted by Crippen LogP contribution is 2.19. The number of urea groups is 1. The van der Waals surface area contributed by atoms with Crippen LogP contribution in [0, 0.1) is 5.82 Å². The third kappa shape index (κ3) is 3.35. The molecule has 0 saturated heterocycles. The van der Waals surface area contributed by atoms with Crippen molar-refractivity contribution >= 4 is 17.7 Å². The fourth-order valence-corrected chi connectivity index (χ4v) is 1.77. The van der Waals surface area contributed by atoms with Crippen LogP contribution in [0.5, 0.6) is 0 Å². The lowest BCUT2D eigenvalue weighted by Gasteiger charge is -2.18. The highest BCUT2D eigenvalue weighted by Gasteiger charge is 2.18. The minimum absolute atomic E-state index is 0.0912. The average Bonchev–Trinajstić information content (AvgIpc) is 2.91. The fraction of sp³-hybridized carbons (Fsp3) is 0.154. The predicted molar refractivity (Wildman–Crippen MR) is 72.4 cm³/mol. The summed E-state index contributed by atoms with van der Waals surface area (Å²) in [5.74, 6) is -2.35. The number of H-pyrrole nitrogens is 1. The zero-order valence-electron chi connectivity index (χ0n) is 11.1. The Morgan fingerprint density at radius 2 is 2.24 bits per heavy atom. The quantitative estimate of drug-likeness (QED) is 0.801. The normalized spacial score (nSPS) is 10.2. The molecule has 0 fully saturated rings. The summed E-state index contributed by atoms with van der Waals surface area (Å²) in [4.78, 5) is 24.3. The number of anilines is 1. The van der Waals surface area contributed by atoms with E-state index in [2.05, 4.69) is 15.5 Å². The van der Waals surface area contributed by atoms with Crippen LogP contribution < -0.4 is 5.32 Å². The summed E-state index contributed by atoms with van der Waals surface area (Å²) in [5.41, 5.74) is 0.124. The number of amides is 2. The van der Waals surface area contributed by atoms with Gasteiger partial charge < -0.3 is 15.3 Å². The highest BCUT2D eigenvalue weighted by molar-refractivity contribution is 6.00. The van der Waals surface area contributed by atoms with Crippen LogP contribution in [0.25, 0.3) is 0 Å². The monoisotopic (exact) mass is 292 g/mol. The van der Waals surface area contributed by atoms with E-state index in [0.717, 1.165) is 11.6 Å². The Morgan fingerprint density at radius 3 is 2.86 bits per heavy atom. The molecule has 8 heteroatoms. The molecule has 0 radical (unpaired) electrons. The zero-order chi connectivity index (χ0) is 15.4. The van der Waals surface area contributed by atoms with Crippen molar-refractivity contribution in [1.82, 2.24) is 15.1 Å². The van der Waals surface area contributed by atoms with Crippen LogP contribution in [0.3, 0.4) is 0 Å². The Labute approximate surface area is 119 Å². The van der Waals surface area contributed by atoms with Crippen LogP contribution in [-0.4, -0.2) is 39.3 Å². The SMILES string of the molecule is CN(Cc1cn[nH]c1)C(=O)Nc1cccc(F)c1C(=O)O. The van der Waals surface area contributed by atoms with E-state index in [-0.39, 0.29) is 12.2 Å². The van der Waals surface area contributed by atoms with Gasteiger partial charge in [0, 0.05) is 18.8 Å². The summed E-state index contributed by atoms with van der Waals surface area (Å²) in [6.07, 6.45) is 3.20. The highest BCUT2D eigenvalue weighted by atomic mass is 19.1. The molecule has 0 aliphatic rings. The Morgan fingerprint density at radius 1 is 1.48 bits per heavy atom. The molecule has 0 bridgehead atoms. The lowest BCUT2D eigenvalue weighted by molar-refractivity contribution is 0.0693. The van der Waals surface area contributed by atoms with Gasteiger partial charge in [-0.05, 0) is 12.1 Å². The number of nitrogens with one attached hydrogen (secondary N) is 2. The molecule has 2 amide bonds. The number of hydrogen-bond acceptors (Lipinski definition) is 3. The molecule has 1 aromatic heterocycles. The first-order chi connectivity index (χ1) is 9.99. The average molecular weight is 292 g/mol. The summed E-state index contributed by atoms with van der Waals surface area (Å²) in [6.45, 7) is 0.278. The maximum atomic E-state index is 13.5. The van der Waals surface area contributed by atoms with Crippen LogP contribution in [0.15, 0.2) is 30.6 Å². The molecule has 7 nitrogen and oxygen atoms in total. The number of aromatic carboxylic acids is 1. The molecule has 2 rings (SSSR count). The van der Waals surface area contributed by atoms with Gasteiger partial charge in [-0.25, -0.2) is 14.0 Å². The summed E-state index contributed by atoms with van der Waals surface area (Å²) in [5, 5.41) is 17.7. The first-order valence-electron chi connectivity index (χ1n) is 6.00. The van der Waals surface area contributed by atoms with E-state index < -0.39 is 23.4 Å². The number of carboxylic acid groups (broad SMARTS) is 1. The molecule has 110 valence electrons. The van der Waals surface area contributed by atoms with Gasteiger partial charge in [0.2, 0.25) is 0 Å². The van der Waals surface area contributed by atoms with E-state index in [0.29, 0.717) is 0 Å². The molecule has 0 aliphatic heterocycles. The standard InChI is InChI=1S/C13H13FN4O3/c1-18(7-8-5-15-16-6-8)13(21)17-10-4-2-3-9(14)11(10)12(19)20/h2-6H,7H2,1H3,(H,15,16)(H,17,21)(H,19,20). The second-order valence-electron chi connectivity index (χ2n) is 4.36. The molecule has 2 aromatic rings. The summed E-state index contributed by atoms with van der Waals surface area (Å²) in [7, 11) is 1.53. The topological polar surface area (TPSA) is 98.3 Å². The Balaban J connectivity index is 2.12. The Bertz CT molecular complexity index is 657. The summed E-state index contributed by atoms with van der Waals surface area (Å²) in [6, 6.07) is 3.13. The molecule has 21 heavy (non-hydrogen) atoms. The lowest BCUT2D eigenvalue weighted by atomic mass is 10.1. The minimum Gasteiger partial charge on any atom is -0.478 e. The van der Waals surface area contributed by atoms with Crippen molar-refractivity contribution in [3.8, 4) is 0 Å². The smallest absolute Gasteiger partial charge is 0.340 e. The fourth-order valence-electron chi connectivity index (χ4n) is 1.77. The number of halogens is 1. The predicted octanol–water partition coefficient (Wildman–Crippen LogP) is 1.91. The molecule has 0 saturated carbocycles. The number of benzene rings is 1. The van der Waals surface area contributed by atoms with Crippen molar-refractivity contribution < 1.29 is 19.1 Å². The van der Waals surface area contributed by atoms with E-state index in [9.17, 15) is 14.0 Å². The van der Waals surface area contributed by atoms with Gasteiger partial charge in [0.25, 0.3) is 0 Å². The van der Waals surface area contributed by atoms with Gasteiger partial charge in [-0.15, -0.1) is 0 Å². The van der Waals surface area contributed by atoms with Crippen LogP contribution in [0.4, 0.5) is 14.9 Å². The maximum Gasteiger partial charge on any atom is 0.340 e. The van der Waals surface area contributed by atoms with E-state index in [1.165, 1.54) is 24.1 Å². The van der Waals surface area contributed by atoms with E-state index in [1.807, 2.05) is 0 Å².